The van der Waals surface area contributed by atoms with Crippen LogP contribution in [0.2, 0.25) is 5.02 Å². The second-order valence-electron chi connectivity index (χ2n) is 7.33. The molecule has 0 aliphatic carbocycles. The average Bonchev–Trinajstić information content (AvgIpc) is 2.69. The highest BCUT2D eigenvalue weighted by Gasteiger charge is 2.24. The first-order valence-corrected chi connectivity index (χ1v) is 9.93. The summed E-state index contributed by atoms with van der Waals surface area (Å²) in [4.78, 5) is 16.2. The molecule has 0 bridgehead atoms. The summed E-state index contributed by atoms with van der Waals surface area (Å²) >= 11 is 6.24. The minimum atomic E-state index is -0.347. The van der Waals surface area contributed by atoms with Crippen LogP contribution in [0, 0.1) is 5.82 Å². The topological polar surface area (TPSA) is 65.5 Å². The molecule has 0 unspecified atom stereocenters. The van der Waals surface area contributed by atoms with Gasteiger partial charge in [-0.1, -0.05) is 43.6 Å². The Bertz CT molecular complexity index is 872. The van der Waals surface area contributed by atoms with Crippen LogP contribution in [0.5, 0.6) is 0 Å². The van der Waals surface area contributed by atoms with E-state index in [4.69, 9.17) is 11.6 Å². The van der Waals surface area contributed by atoms with Gasteiger partial charge in [-0.15, -0.1) is 24.0 Å². The first-order valence-electron chi connectivity index (χ1n) is 9.55. The highest BCUT2D eigenvalue weighted by Crippen LogP contribution is 2.29. The highest BCUT2D eigenvalue weighted by molar-refractivity contribution is 14.0. The minimum Gasteiger partial charge on any atom is -0.357 e. The Morgan fingerprint density at radius 2 is 1.80 bits per heavy atom. The van der Waals surface area contributed by atoms with Crippen molar-refractivity contribution in [3.63, 3.8) is 0 Å². The SMILES string of the molecule is CCNC(=NCc1ccc(C(=O)NC)cc1)NCC(C)(C)c1ccc(F)cc1Cl.I. The van der Waals surface area contributed by atoms with E-state index in [2.05, 4.69) is 20.9 Å². The van der Waals surface area contributed by atoms with Gasteiger partial charge in [0.2, 0.25) is 0 Å². The average molecular weight is 547 g/mol. The van der Waals surface area contributed by atoms with Crippen LogP contribution < -0.4 is 16.0 Å². The Balaban J connectivity index is 0.00000450. The standard InChI is InChI=1S/C22H28ClFN4O.HI/c1-5-26-21(27-13-15-6-8-16(9-7-15)20(29)25-4)28-14-22(2,3)18-11-10-17(24)12-19(18)23;/h6-12H,5,13-14H2,1-4H3,(H,25,29)(H2,26,27,28);1H. The molecule has 0 spiro atoms. The summed E-state index contributed by atoms with van der Waals surface area (Å²) in [7, 11) is 1.61. The molecule has 8 heteroatoms. The zero-order valence-corrected chi connectivity index (χ0v) is 20.8. The second kappa shape index (κ2) is 12.1. The lowest BCUT2D eigenvalue weighted by atomic mass is 9.84. The summed E-state index contributed by atoms with van der Waals surface area (Å²) in [5.41, 5.74) is 2.16. The fourth-order valence-corrected chi connectivity index (χ4v) is 3.28. The van der Waals surface area contributed by atoms with Gasteiger partial charge >= 0.3 is 0 Å². The van der Waals surface area contributed by atoms with Crippen LogP contribution >= 0.6 is 35.6 Å². The molecule has 164 valence electrons. The number of carbonyl (C=O) groups excluding carboxylic acids is 1. The van der Waals surface area contributed by atoms with Crippen LogP contribution in [0.1, 0.15) is 42.3 Å². The quantitative estimate of drug-likeness (QED) is 0.272. The van der Waals surface area contributed by atoms with E-state index < -0.39 is 0 Å². The number of benzene rings is 2. The number of amides is 1. The molecule has 2 aromatic rings. The lowest BCUT2D eigenvalue weighted by molar-refractivity contribution is 0.0963. The third-order valence-corrected chi connectivity index (χ3v) is 4.88. The molecule has 2 aromatic carbocycles. The van der Waals surface area contributed by atoms with Crippen LogP contribution in [-0.2, 0) is 12.0 Å². The molecule has 5 nitrogen and oxygen atoms in total. The van der Waals surface area contributed by atoms with Crippen molar-refractivity contribution in [1.82, 2.24) is 16.0 Å². The van der Waals surface area contributed by atoms with Crippen molar-refractivity contribution < 1.29 is 9.18 Å². The third-order valence-electron chi connectivity index (χ3n) is 4.57. The fourth-order valence-electron chi connectivity index (χ4n) is 2.86. The van der Waals surface area contributed by atoms with Gasteiger partial charge in [0.15, 0.2) is 5.96 Å². The van der Waals surface area contributed by atoms with Crippen LogP contribution in [0.3, 0.4) is 0 Å². The first kappa shape index (κ1) is 26.2. The third kappa shape index (κ3) is 7.43. The normalized spacial score (nSPS) is 11.5. The summed E-state index contributed by atoms with van der Waals surface area (Å²) in [6.07, 6.45) is 0. The lowest BCUT2D eigenvalue weighted by Gasteiger charge is -2.27. The van der Waals surface area contributed by atoms with E-state index in [-0.39, 0.29) is 41.1 Å². The maximum absolute atomic E-state index is 13.3. The van der Waals surface area contributed by atoms with E-state index in [1.54, 1.807) is 25.2 Å². The maximum Gasteiger partial charge on any atom is 0.251 e. The Hall–Kier alpha value is -1.87. The van der Waals surface area contributed by atoms with Crippen LogP contribution in [0.15, 0.2) is 47.5 Å². The van der Waals surface area contributed by atoms with E-state index in [0.717, 1.165) is 17.7 Å². The number of guanidine groups is 1. The maximum atomic E-state index is 13.3. The van der Waals surface area contributed by atoms with Gasteiger partial charge in [0.05, 0.1) is 6.54 Å². The molecule has 1 amide bonds. The predicted octanol–water partition coefficient (Wildman–Crippen LogP) is 4.49. The van der Waals surface area contributed by atoms with Crippen molar-refractivity contribution in [2.24, 2.45) is 4.99 Å². The molecule has 30 heavy (non-hydrogen) atoms. The summed E-state index contributed by atoms with van der Waals surface area (Å²) in [6, 6.07) is 11.8. The molecule has 0 aliphatic heterocycles. The largest absolute Gasteiger partial charge is 0.357 e. The molecular formula is C22H29ClFIN4O. The number of nitrogens with zero attached hydrogens (tertiary/aromatic N) is 1. The van der Waals surface area contributed by atoms with Gasteiger partial charge in [-0.3, -0.25) is 4.79 Å². The van der Waals surface area contributed by atoms with Crippen molar-refractivity contribution in [3.8, 4) is 0 Å². The van der Waals surface area contributed by atoms with Crippen molar-refractivity contribution in [2.75, 3.05) is 20.1 Å². The zero-order valence-electron chi connectivity index (χ0n) is 17.7. The molecule has 0 heterocycles. The summed E-state index contributed by atoms with van der Waals surface area (Å²) in [6.45, 7) is 7.85. The molecule has 2 rings (SSSR count). The molecule has 0 saturated heterocycles. The Morgan fingerprint density at radius 1 is 1.13 bits per heavy atom. The fraction of sp³-hybridized carbons (Fsp3) is 0.364. The molecule has 0 saturated carbocycles. The Labute approximate surface area is 199 Å². The van der Waals surface area contributed by atoms with Crippen LogP contribution in [-0.4, -0.2) is 32.0 Å². The first-order chi connectivity index (χ1) is 13.8. The number of carbonyl (C=O) groups is 1. The molecule has 0 aliphatic rings. The molecule has 0 aromatic heterocycles. The Morgan fingerprint density at radius 3 is 2.37 bits per heavy atom. The van der Waals surface area contributed by atoms with Crippen LogP contribution in [0.4, 0.5) is 4.39 Å². The molecule has 0 atom stereocenters. The molecule has 0 radical (unpaired) electrons. The van der Waals surface area contributed by atoms with Gasteiger partial charge in [-0.05, 0) is 42.3 Å². The predicted molar refractivity (Wildman–Crippen MR) is 133 cm³/mol. The molecule has 3 N–H and O–H groups in total. The smallest absolute Gasteiger partial charge is 0.251 e. The van der Waals surface area contributed by atoms with E-state index in [1.165, 1.54) is 12.1 Å². The number of nitrogens with one attached hydrogen (secondary N) is 3. The minimum absolute atomic E-state index is 0. The van der Waals surface area contributed by atoms with Crippen molar-refractivity contribution in [2.45, 2.75) is 32.7 Å². The van der Waals surface area contributed by atoms with Crippen LogP contribution in [0.25, 0.3) is 0 Å². The second-order valence-corrected chi connectivity index (χ2v) is 7.74. The number of hydrogen-bond donors (Lipinski definition) is 3. The number of hydrogen-bond acceptors (Lipinski definition) is 2. The summed E-state index contributed by atoms with van der Waals surface area (Å²) in [5.74, 6) is 0.214. The highest BCUT2D eigenvalue weighted by atomic mass is 127. The van der Waals surface area contributed by atoms with Gasteiger partial charge in [-0.25, -0.2) is 9.38 Å². The lowest BCUT2D eigenvalue weighted by Crippen LogP contribution is -2.43. The van der Waals surface area contributed by atoms with Gasteiger partial charge in [0.1, 0.15) is 5.82 Å². The van der Waals surface area contributed by atoms with Gasteiger partial charge in [0, 0.05) is 36.1 Å². The van der Waals surface area contributed by atoms with Gasteiger partial charge in [-0.2, -0.15) is 0 Å². The summed E-state index contributed by atoms with van der Waals surface area (Å²) < 4.78 is 13.3. The van der Waals surface area contributed by atoms with Gasteiger partial charge < -0.3 is 16.0 Å². The van der Waals surface area contributed by atoms with E-state index in [9.17, 15) is 9.18 Å². The monoisotopic (exact) mass is 546 g/mol. The van der Waals surface area contributed by atoms with Gasteiger partial charge in [0.25, 0.3) is 5.91 Å². The van der Waals surface area contributed by atoms with E-state index in [0.29, 0.717) is 29.6 Å². The van der Waals surface area contributed by atoms with Crippen molar-refractivity contribution in [1.29, 1.82) is 0 Å². The number of aliphatic imine (C=N–C) groups is 1. The molecule has 0 fully saturated rings. The van der Waals surface area contributed by atoms with E-state index in [1.807, 2.05) is 32.9 Å². The number of rotatable bonds is 7. The molecular weight excluding hydrogens is 518 g/mol. The van der Waals surface area contributed by atoms with E-state index >= 15 is 0 Å². The Kier molecular flexibility index (Phi) is 10.6. The number of halogens is 3. The van der Waals surface area contributed by atoms with Crippen molar-refractivity contribution in [3.05, 3.63) is 70.0 Å². The summed E-state index contributed by atoms with van der Waals surface area (Å²) in [5, 5.41) is 9.57. The zero-order chi connectivity index (χ0) is 21.4. The van der Waals surface area contributed by atoms with Crippen molar-refractivity contribution >= 4 is 47.4 Å².